The van der Waals surface area contributed by atoms with Gasteiger partial charge in [0.15, 0.2) is 0 Å². The molecule has 3 rings (SSSR count). The highest BCUT2D eigenvalue weighted by Gasteiger charge is 2.14. The lowest BCUT2D eigenvalue weighted by molar-refractivity contribution is 0.0951. The Hall–Kier alpha value is -3.54. The number of para-hydroxylation sites is 1. The topological polar surface area (TPSA) is 71.1 Å². The minimum absolute atomic E-state index is 0.151. The van der Waals surface area contributed by atoms with Gasteiger partial charge in [-0.15, -0.1) is 0 Å². The Morgan fingerprint density at radius 3 is 2.45 bits per heavy atom. The molecule has 0 saturated carbocycles. The van der Waals surface area contributed by atoms with E-state index in [1.54, 1.807) is 18.2 Å². The number of hydrogen-bond donors (Lipinski definition) is 2. The van der Waals surface area contributed by atoms with Crippen molar-refractivity contribution < 1.29 is 14.0 Å². The van der Waals surface area contributed by atoms with E-state index in [4.69, 9.17) is 0 Å². The number of benzene rings is 2. The smallest absolute Gasteiger partial charge is 0.274 e. The average molecular weight is 391 g/mol. The van der Waals surface area contributed by atoms with E-state index in [2.05, 4.69) is 29.5 Å². The van der Waals surface area contributed by atoms with Crippen molar-refractivity contribution in [3.8, 4) is 0 Å². The number of carbonyl (C=O) groups is 2. The minimum atomic E-state index is -0.383. The highest BCUT2D eigenvalue weighted by atomic mass is 19.1. The molecule has 0 spiro atoms. The first kappa shape index (κ1) is 20.2. The van der Waals surface area contributed by atoms with Gasteiger partial charge in [0.1, 0.15) is 11.5 Å². The fourth-order valence-corrected chi connectivity index (χ4v) is 2.88. The van der Waals surface area contributed by atoms with Crippen LogP contribution in [0.2, 0.25) is 0 Å². The maximum Gasteiger partial charge on any atom is 0.274 e. The van der Waals surface area contributed by atoms with E-state index in [-0.39, 0.29) is 35.8 Å². The summed E-state index contributed by atoms with van der Waals surface area (Å²) < 4.78 is 13.0. The third-order valence-electron chi connectivity index (χ3n) is 4.45. The summed E-state index contributed by atoms with van der Waals surface area (Å²) in [6.45, 7) is 4.36. The number of halogens is 1. The molecule has 0 fully saturated rings. The van der Waals surface area contributed by atoms with Crippen molar-refractivity contribution in [3.63, 3.8) is 0 Å². The van der Waals surface area contributed by atoms with Crippen molar-refractivity contribution in [2.45, 2.75) is 26.3 Å². The molecule has 0 atom stereocenters. The van der Waals surface area contributed by atoms with E-state index in [0.29, 0.717) is 5.56 Å². The van der Waals surface area contributed by atoms with Crippen LogP contribution < -0.4 is 10.6 Å². The Kier molecular flexibility index (Phi) is 6.34. The van der Waals surface area contributed by atoms with Crippen LogP contribution in [0.1, 0.15) is 51.7 Å². The van der Waals surface area contributed by atoms with Gasteiger partial charge in [-0.3, -0.25) is 14.6 Å². The van der Waals surface area contributed by atoms with Gasteiger partial charge < -0.3 is 10.6 Å². The van der Waals surface area contributed by atoms with Gasteiger partial charge in [-0.2, -0.15) is 0 Å². The summed E-state index contributed by atoms with van der Waals surface area (Å²) in [5.41, 5.74) is 2.99. The van der Waals surface area contributed by atoms with Gasteiger partial charge in [-0.1, -0.05) is 44.2 Å². The second kappa shape index (κ2) is 9.10. The van der Waals surface area contributed by atoms with E-state index in [9.17, 15) is 14.0 Å². The first-order valence-electron chi connectivity index (χ1n) is 9.33. The molecule has 2 aromatic carbocycles. The summed E-state index contributed by atoms with van der Waals surface area (Å²) in [4.78, 5) is 29.1. The number of nitrogens with one attached hydrogen (secondary N) is 2. The van der Waals surface area contributed by atoms with Crippen LogP contribution in [0.5, 0.6) is 0 Å². The number of nitrogens with zero attached hydrogens (tertiary/aromatic N) is 1. The number of amides is 2. The maximum absolute atomic E-state index is 13.0. The van der Waals surface area contributed by atoms with Crippen molar-refractivity contribution in [2.24, 2.45) is 0 Å². The number of anilines is 1. The van der Waals surface area contributed by atoms with Crippen LogP contribution in [0.3, 0.4) is 0 Å². The third kappa shape index (κ3) is 5.25. The minimum Gasteiger partial charge on any atom is -0.348 e. The van der Waals surface area contributed by atoms with Crippen LogP contribution in [0.4, 0.5) is 10.1 Å². The second-order valence-electron chi connectivity index (χ2n) is 6.93. The van der Waals surface area contributed by atoms with Crippen molar-refractivity contribution in [3.05, 3.63) is 95.1 Å². The Bertz CT molecular complexity index is 1020. The highest BCUT2D eigenvalue weighted by Crippen LogP contribution is 2.24. The largest absolute Gasteiger partial charge is 0.348 e. The average Bonchev–Trinajstić information content (AvgIpc) is 2.73. The van der Waals surface area contributed by atoms with Crippen molar-refractivity contribution in [1.82, 2.24) is 10.3 Å². The Morgan fingerprint density at radius 2 is 1.72 bits per heavy atom. The normalized spacial score (nSPS) is 10.6. The first-order valence-corrected chi connectivity index (χ1v) is 9.33. The Balaban J connectivity index is 1.69. The molecule has 1 aromatic heterocycles. The Morgan fingerprint density at radius 1 is 1.00 bits per heavy atom. The predicted molar refractivity (Wildman–Crippen MR) is 110 cm³/mol. The van der Waals surface area contributed by atoms with E-state index in [0.717, 1.165) is 16.8 Å². The molecule has 0 radical (unpaired) electrons. The molecule has 0 aliphatic carbocycles. The van der Waals surface area contributed by atoms with Crippen LogP contribution in [0.25, 0.3) is 0 Å². The first-order chi connectivity index (χ1) is 13.9. The monoisotopic (exact) mass is 391 g/mol. The predicted octanol–water partition coefficient (Wildman–Crippen LogP) is 4.53. The summed E-state index contributed by atoms with van der Waals surface area (Å²) >= 11 is 0. The zero-order chi connectivity index (χ0) is 20.8. The molecular weight excluding hydrogens is 369 g/mol. The van der Waals surface area contributed by atoms with E-state index in [1.807, 2.05) is 24.3 Å². The van der Waals surface area contributed by atoms with E-state index in [1.165, 1.54) is 24.4 Å². The maximum atomic E-state index is 13.0. The fourth-order valence-electron chi connectivity index (χ4n) is 2.88. The number of carbonyl (C=O) groups excluding carboxylic acids is 2. The molecule has 1 heterocycles. The fraction of sp³-hybridized carbons (Fsp3) is 0.174. The molecule has 5 nitrogen and oxygen atoms in total. The van der Waals surface area contributed by atoms with Gasteiger partial charge in [0, 0.05) is 24.0 Å². The van der Waals surface area contributed by atoms with Crippen molar-refractivity contribution in [1.29, 1.82) is 0 Å². The summed E-state index contributed by atoms with van der Waals surface area (Å²) in [6, 6.07) is 16.5. The lowest BCUT2D eigenvalue weighted by atomic mass is 10.0. The molecule has 0 aliphatic heterocycles. The van der Waals surface area contributed by atoms with Crippen LogP contribution >= 0.6 is 0 Å². The van der Waals surface area contributed by atoms with Crippen LogP contribution in [0.15, 0.2) is 66.9 Å². The van der Waals surface area contributed by atoms with Gasteiger partial charge in [0.05, 0.1) is 0 Å². The van der Waals surface area contributed by atoms with Crippen molar-refractivity contribution >= 4 is 17.5 Å². The third-order valence-corrected chi connectivity index (χ3v) is 4.45. The van der Waals surface area contributed by atoms with Gasteiger partial charge >= 0.3 is 0 Å². The van der Waals surface area contributed by atoms with Crippen molar-refractivity contribution in [2.75, 3.05) is 5.32 Å². The molecule has 0 bridgehead atoms. The van der Waals surface area contributed by atoms with Gasteiger partial charge in [-0.05, 0) is 47.4 Å². The summed E-state index contributed by atoms with van der Waals surface area (Å²) in [6.07, 6.45) is 1.43. The standard InChI is InChI=1S/C23H22FN3O2/c1-15(2)19-5-3-4-6-20(19)27-23(29)21-13-17(11-12-25-21)22(28)26-14-16-7-9-18(24)10-8-16/h3-13,15H,14H2,1-2H3,(H,26,28)(H,27,29). The quantitative estimate of drug-likeness (QED) is 0.649. The molecule has 148 valence electrons. The molecule has 29 heavy (non-hydrogen) atoms. The summed E-state index contributed by atoms with van der Waals surface area (Å²) in [5, 5.41) is 5.62. The van der Waals surface area contributed by atoms with Gasteiger partial charge in [-0.25, -0.2) is 4.39 Å². The van der Waals surface area contributed by atoms with Gasteiger partial charge in [0.25, 0.3) is 11.8 Å². The SMILES string of the molecule is CC(C)c1ccccc1NC(=O)c1cc(C(=O)NCc2ccc(F)cc2)ccn1. The second-order valence-corrected chi connectivity index (χ2v) is 6.93. The van der Waals surface area contributed by atoms with E-state index < -0.39 is 0 Å². The van der Waals surface area contributed by atoms with Crippen LogP contribution in [-0.2, 0) is 6.54 Å². The number of pyridine rings is 1. The van der Waals surface area contributed by atoms with Crippen LogP contribution in [0, 0.1) is 5.82 Å². The zero-order valence-electron chi connectivity index (χ0n) is 16.3. The van der Waals surface area contributed by atoms with E-state index >= 15 is 0 Å². The number of aromatic nitrogens is 1. The highest BCUT2D eigenvalue weighted by molar-refractivity contribution is 6.05. The molecule has 0 unspecified atom stereocenters. The lowest BCUT2D eigenvalue weighted by Gasteiger charge is -2.13. The molecular formula is C23H22FN3O2. The molecule has 3 aromatic rings. The van der Waals surface area contributed by atoms with Gasteiger partial charge in [0.2, 0.25) is 0 Å². The number of hydrogen-bond acceptors (Lipinski definition) is 3. The molecule has 6 heteroatoms. The lowest BCUT2D eigenvalue weighted by Crippen LogP contribution is -2.24. The molecule has 0 saturated heterocycles. The zero-order valence-corrected chi connectivity index (χ0v) is 16.3. The Labute approximate surface area is 169 Å². The summed E-state index contributed by atoms with van der Waals surface area (Å²) in [5.74, 6) is -0.799. The molecule has 2 amide bonds. The molecule has 2 N–H and O–H groups in total. The summed E-state index contributed by atoms with van der Waals surface area (Å²) in [7, 11) is 0. The number of rotatable bonds is 6. The molecule has 0 aliphatic rings. The van der Waals surface area contributed by atoms with Crippen LogP contribution in [-0.4, -0.2) is 16.8 Å².